The number of anilines is 5. The highest BCUT2D eigenvalue weighted by Gasteiger charge is 2.48. The van der Waals surface area contributed by atoms with E-state index >= 15 is 0 Å². The smallest absolute Gasteiger partial charge is 0.334 e. The third kappa shape index (κ3) is 6.58. The van der Waals surface area contributed by atoms with Gasteiger partial charge in [-0.3, -0.25) is 0 Å². The zero-order valence-corrected chi connectivity index (χ0v) is 39.4. The van der Waals surface area contributed by atoms with Crippen LogP contribution in [0.15, 0.2) is 218 Å². The summed E-state index contributed by atoms with van der Waals surface area (Å²) in [5, 5.41) is 4.95. The number of hydrogen-bond acceptors (Lipinski definition) is 5. The fourth-order valence-electron chi connectivity index (χ4n) is 11.1. The molecular formula is C64H45BN2O2S. The first-order valence-electron chi connectivity index (χ1n) is 24.4. The molecule has 3 aliphatic heterocycles. The normalized spacial score (nSPS) is 13.0. The van der Waals surface area contributed by atoms with Crippen LogP contribution in [0.5, 0.6) is 23.0 Å². The summed E-state index contributed by atoms with van der Waals surface area (Å²) in [6, 6.07) is 79.9. The number of fused-ring (bicyclic) bond motifs is 9. The molecule has 332 valence electrons. The highest BCUT2D eigenvalue weighted by Crippen LogP contribution is 2.56. The molecule has 0 spiro atoms. The summed E-state index contributed by atoms with van der Waals surface area (Å²) >= 11 is 1.90. The highest BCUT2D eigenvalue weighted by molar-refractivity contribution is 7.26. The molecule has 11 aromatic rings. The molecule has 6 heteroatoms. The third-order valence-corrected chi connectivity index (χ3v) is 15.6. The molecule has 1 aromatic heterocycles. The Kier molecular flexibility index (Phi) is 9.56. The van der Waals surface area contributed by atoms with E-state index in [-0.39, 0.29) is 6.85 Å². The van der Waals surface area contributed by atoms with Gasteiger partial charge in [-0.1, -0.05) is 159 Å². The predicted molar refractivity (Wildman–Crippen MR) is 295 cm³/mol. The first-order chi connectivity index (χ1) is 34.6. The van der Waals surface area contributed by atoms with E-state index in [4.69, 9.17) is 9.47 Å². The maximum atomic E-state index is 6.77. The Bertz CT molecular complexity index is 3830. The van der Waals surface area contributed by atoms with E-state index in [2.05, 4.69) is 211 Å². The Hall–Kier alpha value is -8.32. The van der Waals surface area contributed by atoms with Crippen LogP contribution < -0.4 is 30.1 Å². The molecule has 14 rings (SSSR count). The van der Waals surface area contributed by atoms with Gasteiger partial charge in [-0.25, -0.2) is 0 Å². The van der Waals surface area contributed by atoms with Crippen molar-refractivity contribution in [3.8, 4) is 67.5 Å². The number of rotatable bonds is 8. The fourth-order valence-corrected chi connectivity index (χ4v) is 12.4. The summed E-state index contributed by atoms with van der Waals surface area (Å²) < 4.78 is 14.8. The van der Waals surface area contributed by atoms with Crippen LogP contribution in [-0.2, 0) is 6.42 Å². The van der Waals surface area contributed by atoms with Gasteiger partial charge in [0.05, 0.1) is 10.7 Å². The molecular weight excluding hydrogens is 872 g/mol. The lowest BCUT2D eigenvalue weighted by Crippen LogP contribution is -2.61. The third-order valence-electron chi connectivity index (χ3n) is 14.4. The second-order valence-corrected chi connectivity index (χ2v) is 19.7. The van der Waals surface area contributed by atoms with Gasteiger partial charge < -0.3 is 19.2 Å². The monoisotopic (exact) mass is 916 g/mol. The summed E-state index contributed by atoms with van der Waals surface area (Å²) in [7, 11) is 0. The highest BCUT2D eigenvalue weighted by atomic mass is 32.1. The van der Waals surface area contributed by atoms with Crippen molar-refractivity contribution in [3.05, 3.63) is 224 Å². The van der Waals surface area contributed by atoms with Crippen molar-refractivity contribution < 1.29 is 9.47 Å². The number of hydrogen-bond donors (Lipinski definition) is 0. The number of thiophene rings is 1. The summed E-state index contributed by atoms with van der Waals surface area (Å²) in [5.41, 5.74) is 17.8. The molecule has 0 saturated carbocycles. The minimum Gasteiger partial charge on any atom is -0.449 e. The minimum atomic E-state index is -0.218. The largest absolute Gasteiger partial charge is 0.449 e. The Balaban J connectivity index is 1.11. The average molecular weight is 917 g/mol. The van der Waals surface area contributed by atoms with E-state index in [0.717, 1.165) is 53.0 Å². The number of unbranched alkanes of at least 4 members (excludes halogenated alkanes) is 1. The van der Waals surface area contributed by atoms with E-state index in [1.807, 2.05) is 35.6 Å². The Labute approximate surface area is 412 Å². The van der Waals surface area contributed by atoms with E-state index in [0.29, 0.717) is 23.0 Å². The quantitative estimate of drug-likeness (QED) is 0.142. The molecule has 0 saturated heterocycles. The van der Waals surface area contributed by atoms with Crippen molar-refractivity contribution in [2.75, 3.05) is 9.71 Å². The Morgan fingerprint density at radius 1 is 0.443 bits per heavy atom. The standard InChI is InChI=1S/C64H45BN2O2S/c1-2-3-17-41-28-33-54(50(34-41)45-22-11-6-12-23-45)66-56-37-48(43-20-9-5-10-21-43)36-52-51-39-59-60(69-58-27-16-15-26-57(58)68-59)40-55(51)67(49-31-29-44(30-32-49)42-18-7-4-8-19-42)65(62(52)56)63-53-35-46-24-13-14-25-47(46)38-61(53)70-64(63)66/h4-16,18-40H,2-3,17H2,1H3. The van der Waals surface area contributed by atoms with E-state index < -0.39 is 0 Å². The molecule has 4 nitrogen and oxygen atoms in total. The maximum absolute atomic E-state index is 6.77. The van der Waals surface area contributed by atoms with Gasteiger partial charge in [0.2, 0.25) is 0 Å². The van der Waals surface area contributed by atoms with Gasteiger partial charge in [0.15, 0.2) is 23.0 Å². The van der Waals surface area contributed by atoms with Gasteiger partial charge in [0, 0.05) is 39.0 Å². The van der Waals surface area contributed by atoms with Crippen LogP contribution >= 0.6 is 11.3 Å². The Morgan fingerprint density at radius 3 is 1.76 bits per heavy atom. The minimum absolute atomic E-state index is 0.218. The molecule has 0 fully saturated rings. The predicted octanol–water partition coefficient (Wildman–Crippen LogP) is 17.0. The second-order valence-electron chi connectivity index (χ2n) is 18.6. The van der Waals surface area contributed by atoms with Gasteiger partial charge in [-0.2, -0.15) is 0 Å². The second kappa shape index (κ2) is 16.4. The van der Waals surface area contributed by atoms with Crippen LogP contribution in [0.3, 0.4) is 0 Å². The molecule has 0 aliphatic carbocycles. The van der Waals surface area contributed by atoms with Gasteiger partial charge >= 0.3 is 6.85 Å². The molecule has 0 bridgehead atoms. The zero-order chi connectivity index (χ0) is 46.3. The molecule has 0 amide bonds. The lowest BCUT2D eigenvalue weighted by Gasteiger charge is -2.45. The van der Waals surface area contributed by atoms with Gasteiger partial charge in [0.1, 0.15) is 0 Å². The number of ether oxygens (including phenoxy) is 2. The van der Waals surface area contributed by atoms with Gasteiger partial charge in [-0.05, 0) is 146 Å². The summed E-state index contributed by atoms with van der Waals surface area (Å²) in [4.78, 5) is 5.21. The van der Waals surface area contributed by atoms with Crippen molar-refractivity contribution >= 4 is 77.7 Å². The average Bonchev–Trinajstić information content (AvgIpc) is 3.79. The Morgan fingerprint density at radius 2 is 1.06 bits per heavy atom. The van der Waals surface area contributed by atoms with Gasteiger partial charge in [-0.15, -0.1) is 11.3 Å². The molecule has 0 radical (unpaired) electrons. The number of para-hydroxylation sites is 2. The van der Waals surface area contributed by atoms with Crippen molar-refractivity contribution in [3.63, 3.8) is 0 Å². The van der Waals surface area contributed by atoms with Crippen LogP contribution in [0.2, 0.25) is 0 Å². The number of aryl methyl sites for hydroxylation is 1. The maximum Gasteiger partial charge on any atom is 0.334 e. The van der Waals surface area contributed by atoms with E-state index in [1.54, 1.807) is 0 Å². The first kappa shape index (κ1) is 40.7. The molecule has 0 atom stereocenters. The molecule has 3 aliphatic rings. The number of benzene rings is 10. The topological polar surface area (TPSA) is 24.9 Å². The molecule has 10 aromatic carbocycles. The zero-order valence-electron chi connectivity index (χ0n) is 38.6. The number of nitrogens with zero attached hydrogens (tertiary/aromatic N) is 2. The fraction of sp³-hybridized carbons (Fsp3) is 0.0625. The van der Waals surface area contributed by atoms with Crippen LogP contribution in [0, 0.1) is 0 Å². The van der Waals surface area contributed by atoms with Crippen LogP contribution in [0.25, 0.3) is 65.4 Å². The van der Waals surface area contributed by atoms with Crippen LogP contribution in [0.1, 0.15) is 25.3 Å². The summed E-state index contributed by atoms with van der Waals surface area (Å²) in [5.74, 6) is 2.81. The van der Waals surface area contributed by atoms with Crippen molar-refractivity contribution in [2.45, 2.75) is 26.2 Å². The van der Waals surface area contributed by atoms with Crippen LogP contribution in [0.4, 0.5) is 27.8 Å². The van der Waals surface area contributed by atoms with Crippen molar-refractivity contribution in [2.24, 2.45) is 0 Å². The molecule has 4 heterocycles. The van der Waals surface area contributed by atoms with Crippen molar-refractivity contribution in [1.82, 2.24) is 0 Å². The lowest BCUT2D eigenvalue weighted by molar-refractivity contribution is 0.360. The van der Waals surface area contributed by atoms with E-state index in [9.17, 15) is 0 Å². The SMILES string of the molecule is CCCCc1ccc(N2c3cc(-c4ccccc4)cc4c3B(c3c2sc2cc5ccccc5cc32)N(c2ccc(-c3ccccc3)cc2)c2cc3c(cc2-4)Oc2ccccc2O3)c(-c2ccccc2)c1. The summed E-state index contributed by atoms with van der Waals surface area (Å²) in [6.07, 6.45) is 3.33. The molecule has 70 heavy (non-hydrogen) atoms. The lowest BCUT2D eigenvalue weighted by atomic mass is 9.43. The van der Waals surface area contributed by atoms with Gasteiger partial charge in [0.25, 0.3) is 0 Å². The van der Waals surface area contributed by atoms with Crippen LogP contribution in [-0.4, -0.2) is 6.85 Å². The molecule has 0 N–H and O–H groups in total. The van der Waals surface area contributed by atoms with Crippen molar-refractivity contribution in [1.29, 1.82) is 0 Å². The summed E-state index contributed by atoms with van der Waals surface area (Å²) in [6.45, 7) is 2.06. The van der Waals surface area contributed by atoms with E-state index in [1.165, 1.54) is 75.9 Å². The molecule has 0 unspecified atom stereocenters. The first-order valence-corrected chi connectivity index (χ1v) is 25.2.